The van der Waals surface area contributed by atoms with Crippen LogP contribution in [-0.4, -0.2) is 35.2 Å². The Morgan fingerprint density at radius 2 is 2.06 bits per heavy atom. The first-order valence-corrected chi connectivity index (χ1v) is 11.6. The lowest BCUT2D eigenvalue weighted by molar-refractivity contribution is -0.186. The summed E-state index contributed by atoms with van der Waals surface area (Å²) in [5, 5.41) is 0.859. The molecule has 2 unspecified atom stereocenters. The predicted molar refractivity (Wildman–Crippen MR) is 114 cm³/mol. The maximum Gasteiger partial charge on any atom is 0.215 e. The molecule has 1 saturated heterocycles. The van der Waals surface area contributed by atoms with E-state index >= 15 is 0 Å². The first-order chi connectivity index (χ1) is 14.7. The van der Waals surface area contributed by atoms with Crippen LogP contribution < -0.4 is 0 Å². The Kier molecular flexibility index (Phi) is 6.13. The summed E-state index contributed by atoms with van der Waals surface area (Å²) in [6.07, 6.45) is 4.73. The fourth-order valence-corrected chi connectivity index (χ4v) is 5.00. The maximum absolute atomic E-state index is 11.7. The van der Waals surface area contributed by atoms with Crippen molar-refractivity contribution in [3.05, 3.63) is 81.9 Å². The number of hydrogen-bond acceptors (Lipinski definition) is 6. The van der Waals surface area contributed by atoms with Gasteiger partial charge in [-0.05, 0) is 30.7 Å². The lowest BCUT2D eigenvalue weighted by Gasteiger charge is -2.30. The van der Waals surface area contributed by atoms with E-state index in [1.807, 2.05) is 6.92 Å². The van der Waals surface area contributed by atoms with Crippen molar-refractivity contribution in [1.29, 1.82) is 0 Å². The molecule has 3 aromatic rings. The molecular weight excluding hydrogens is 463 g/mol. The second-order valence-corrected chi connectivity index (χ2v) is 9.62. The molecule has 4 rings (SSSR count). The number of hydrogen-bond donors (Lipinski definition) is 0. The summed E-state index contributed by atoms with van der Waals surface area (Å²) < 4.78 is 49.4. The monoisotopic (exact) mass is 481 g/mol. The van der Waals surface area contributed by atoms with Gasteiger partial charge in [0, 0.05) is 29.4 Å². The van der Waals surface area contributed by atoms with Crippen molar-refractivity contribution in [3.63, 3.8) is 0 Å². The van der Waals surface area contributed by atoms with E-state index in [-0.39, 0.29) is 24.5 Å². The van der Waals surface area contributed by atoms with Crippen molar-refractivity contribution in [2.24, 2.45) is 0 Å². The summed E-state index contributed by atoms with van der Waals surface area (Å²) >= 11 is 12.5. The minimum Gasteiger partial charge on any atom is -0.744 e. The molecule has 0 bridgehead atoms. The second kappa shape index (κ2) is 8.54. The van der Waals surface area contributed by atoms with Crippen molar-refractivity contribution >= 4 is 33.3 Å². The summed E-state index contributed by atoms with van der Waals surface area (Å²) in [4.78, 5) is 3.81. The average Bonchev–Trinajstić information content (AvgIpc) is 3.31. The van der Waals surface area contributed by atoms with E-state index in [1.165, 1.54) is 6.07 Å². The van der Waals surface area contributed by atoms with Crippen LogP contribution >= 0.6 is 23.2 Å². The van der Waals surface area contributed by atoms with Gasteiger partial charge in [0.15, 0.2) is 0 Å². The van der Waals surface area contributed by atoms with Gasteiger partial charge < -0.3 is 18.6 Å². The fourth-order valence-electron chi connectivity index (χ4n) is 3.75. The van der Waals surface area contributed by atoms with Crippen molar-refractivity contribution < 1.29 is 22.4 Å². The zero-order chi connectivity index (χ0) is 22.2. The molecular formula is C21H19Cl2N2O5S-. The molecule has 1 fully saturated rings. The summed E-state index contributed by atoms with van der Waals surface area (Å²) in [6, 6.07) is 9.65. The first-order valence-electron chi connectivity index (χ1n) is 9.45. The smallest absolute Gasteiger partial charge is 0.215 e. The number of benzene rings is 2. The minimum atomic E-state index is -4.62. The van der Waals surface area contributed by atoms with Gasteiger partial charge in [0.25, 0.3) is 0 Å². The number of aryl methyl sites for hydroxylation is 1. The van der Waals surface area contributed by atoms with Gasteiger partial charge in [-0.2, -0.15) is 0 Å². The van der Waals surface area contributed by atoms with E-state index in [0.29, 0.717) is 21.2 Å². The van der Waals surface area contributed by atoms with Gasteiger partial charge >= 0.3 is 0 Å². The van der Waals surface area contributed by atoms with Crippen LogP contribution in [0.3, 0.4) is 0 Å². The van der Waals surface area contributed by atoms with Crippen LogP contribution in [0, 0.1) is 6.92 Å². The summed E-state index contributed by atoms with van der Waals surface area (Å²) in [5.41, 5.74) is 1.83. The van der Waals surface area contributed by atoms with Crippen molar-refractivity contribution in [2.45, 2.75) is 36.7 Å². The van der Waals surface area contributed by atoms with E-state index in [1.54, 1.807) is 53.6 Å². The molecule has 0 N–H and O–H groups in total. The van der Waals surface area contributed by atoms with Gasteiger partial charge in [-0.25, -0.2) is 13.4 Å². The third-order valence-electron chi connectivity index (χ3n) is 5.08. The molecule has 164 valence electrons. The quantitative estimate of drug-likeness (QED) is 0.495. The molecule has 2 atom stereocenters. The van der Waals surface area contributed by atoms with Crippen LogP contribution in [-0.2, 0) is 38.3 Å². The molecule has 0 aliphatic carbocycles. The minimum absolute atomic E-state index is 0.180. The van der Waals surface area contributed by atoms with Gasteiger partial charge in [-0.1, -0.05) is 47.0 Å². The molecule has 2 aromatic carbocycles. The zero-order valence-corrected chi connectivity index (χ0v) is 18.8. The first kappa shape index (κ1) is 22.3. The Balaban J connectivity index is 1.68. The lowest BCUT2D eigenvalue weighted by Crippen LogP contribution is -2.34. The average molecular weight is 482 g/mol. The highest BCUT2D eigenvalue weighted by Gasteiger charge is 2.45. The Hall–Kier alpha value is -1.94. The number of rotatable bonds is 6. The molecule has 0 spiro atoms. The molecule has 1 aliphatic heterocycles. The standard InChI is InChI=1S/C21H20Cl2N2O5S/c1-14-2-5-20(31(26,27)28)15(8-14)9-17-11-29-21(30-17,12-25-7-6-24-13-25)18-4-3-16(22)10-19(18)23/h2-8,10,13,17H,9,11-12H2,1H3,(H,26,27,28)/p-1. The summed E-state index contributed by atoms with van der Waals surface area (Å²) in [5.74, 6) is -1.23. The molecule has 1 aliphatic rings. The van der Waals surface area contributed by atoms with Crippen molar-refractivity contribution in [1.82, 2.24) is 9.55 Å². The van der Waals surface area contributed by atoms with Gasteiger partial charge in [0.2, 0.25) is 5.79 Å². The highest BCUT2D eigenvalue weighted by molar-refractivity contribution is 7.85. The van der Waals surface area contributed by atoms with Crippen LogP contribution in [0.15, 0.2) is 60.0 Å². The molecule has 7 nitrogen and oxygen atoms in total. The van der Waals surface area contributed by atoms with Crippen LogP contribution in [0.2, 0.25) is 10.0 Å². The van der Waals surface area contributed by atoms with Gasteiger partial charge in [-0.15, -0.1) is 0 Å². The Bertz CT molecular complexity index is 1200. The summed E-state index contributed by atoms with van der Waals surface area (Å²) in [7, 11) is -4.62. The van der Waals surface area contributed by atoms with Gasteiger partial charge in [0.05, 0.1) is 35.5 Å². The highest BCUT2D eigenvalue weighted by atomic mass is 35.5. The van der Waals surface area contributed by atoms with Gasteiger partial charge in [0.1, 0.15) is 10.1 Å². The van der Waals surface area contributed by atoms with Crippen LogP contribution in [0.1, 0.15) is 16.7 Å². The summed E-state index contributed by atoms with van der Waals surface area (Å²) in [6.45, 7) is 2.28. The number of ether oxygens (including phenoxy) is 2. The predicted octanol–water partition coefficient (Wildman–Crippen LogP) is 3.91. The maximum atomic E-state index is 11.7. The zero-order valence-electron chi connectivity index (χ0n) is 16.5. The van der Waals surface area contributed by atoms with E-state index in [2.05, 4.69) is 4.98 Å². The van der Waals surface area contributed by atoms with Crippen LogP contribution in [0.25, 0.3) is 0 Å². The molecule has 0 saturated carbocycles. The van der Waals surface area contributed by atoms with Crippen molar-refractivity contribution in [2.75, 3.05) is 6.61 Å². The number of nitrogens with zero attached hydrogens (tertiary/aromatic N) is 2. The van der Waals surface area contributed by atoms with E-state index < -0.39 is 22.0 Å². The molecule has 31 heavy (non-hydrogen) atoms. The third kappa shape index (κ3) is 4.79. The molecule has 1 aromatic heterocycles. The highest BCUT2D eigenvalue weighted by Crippen LogP contribution is 2.41. The Labute approximate surface area is 190 Å². The number of aromatic nitrogens is 2. The number of halogens is 2. The Morgan fingerprint density at radius 3 is 2.74 bits per heavy atom. The van der Waals surface area contributed by atoms with Crippen LogP contribution in [0.4, 0.5) is 0 Å². The largest absolute Gasteiger partial charge is 0.744 e. The third-order valence-corrected chi connectivity index (χ3v) is 6.57. The van der Waals surface area contributed by atoms with Gasteiger partial charge in [-0.3, -0.25) is 0 Å². The molecule has 2 heterocycles. The van der Waals surface area contributed by atoms with Crippen molar-refractivity contribution in [3.8, 4) is 0 Å². The Morgan fingerprint density at radius 1 is 1.26 bits per heavy atom. The van der Waals surface area contributed by atoms with E-state index in [4.69, 9.17) is 32.7 Å². The number of imidazole rings is 1. The topological polar surface area (TPSA) is 93.5 Å². The molecule has 10 heteroatoms. The SMILES string of the molecule is Cc1ccc(S(=O)(=O)[O-])c(CC2COC(Cn3ccnc3)(c3ccc(Cl)cc3Cl)O2)c1. The molecule has 0 amide bonds. The fraction of sp³-hybridized carbons (Fsp3) is 0.286. The lowest BCUT2D eigenvalue weighted by atomic mass is 10.0. The molecule has 0 radical (unpaired) electrons. The van der Waals surface area contributed by atoms with Crippen LogP contribution in [0.5, 0.6) is 0 Å². The second-order valence-electron chi connectivity index (χ2n) is 7.43. The van der Waals surface area contributed by atoms with E-state index in [0.717, 1.165) is 5.56 Å². The normalized spacial score (nSPS) is 21.5. The van der Waals surface area contributed by atoms with E-state index in [9.17, 15) is 13.0 Å².